The number of carbonyl (C=O) groups is 2. The zero-order valence-corrected chi connectivity index (χ0v) is 12.7. The van der Waals surface area contributed by atoms with E-state index in [1.54, 1.807) is 26.2 Å². The van der Waals surface area contributed by atoms with Crippen LogP contribution in [0.5, 0.6) is 5.75 Å². The lowest BCUT2D eigenvalue weighted by atomic mass is 10.2. The highest BCUT2D eigenvalue weighted by Gasteiger charge is 2.11. The lowest BCUT2D eigenvalue weighted by Crippen LogP contribution is -2.21. The third kappa shape index (κ3) is 5.33. The van der Waals surface area contributed by atoms with Crippen molar-refractivity contribution < 1.29 is 19.1 Å². The number of nitrogen functional groups attached to an aromatic ring is 1. The summed E-state index contributed by atoms with van der Waals surface area (Å²) >= 11 is 0. The van der Waals surface area contributed by atoms with Crippen molar-refractivity contribution in [1.82, 2.24) is 4.90 Å². The summed E-state index contributed by atoms with van der Waals surface area (Å²) in [6, 6.07) is 4.78. The number of esters is 1. The van der Waals surface area contributed by atoms with E-state index in [1.165, 1.54) is 11.0 Å². The highest BCUT2D eigenvalue weighted by Crippen LogP contribution is 2.22. The summed E-state index contributed by atoms with van der Waals surface area (Å²) in [6.07, 6.45) is 0.848. The number of ether oxygens (including phenoxy) is 2. The Morgan fingerprint density at radius 1 is 1.29 bits per heavy atom. The number of nitrogens with two attached hydrogens (primary N) is 1. The first-order valence-electron chi connectivity index (χ1n) is 6.85. The van der Waals surface area contributed by atoms with Gasteiger partial charge in [0.05, 0.1) is 24.5 Å². The number of hydrogen-bond acceptors (Lipinski definition) is 5. The molecule has 0 saturated heterocycles. The van der Waals surface area contributed by atoms with E-state index in [0.29, 0.717) is 36.4 Å². The molecule has 1 aromatic rings. The van der Waals surface area contributed by atoms with Crippen LogP contribution in [0.2, 0.25) is 0 Å². The van der Waals surface area contributed by atoms with E-state index in [9.17, 15) is 9.59 Å². The summed E-state index contributed by atoms with van der Waals surface area (Å²) in [5.74, 6) is 0.101. The summed E-state index contributed by atoms with van der Waals surface area (Å²) in [6.45, 7) is 2.57. The van der Waals surface area contributed by atoms with Gasteiger partial charge in [-0.3, -0.25) is 4.79 Å². The van der Waals surface area contributed by atoms with E-state index >= 15 is 0 Å². The van der Waals surface area contributed by atoms with E-state index in [-0.39, 0.29) is 12.5 Å². The monoisotopic (exact) mass is 294 g/mol. The molecule has 116 valence electrons. The van der Waals surface area contributed by atoms with Crippen LogP contribution in [-0.4, -0.2) is 44.1 Å². The standard InChI is InChI=1S/C15H22N2O4/c1-4-20-13-8-7-11(10-12(13)16)15(19)21-9-5-6-14(18)17(2)3/h7-8,10H,4-6,9,16H2,1-3H3. The van der Waals surface area contributed by atoms with Crippen molar-refractivity contribution >= 4 is 17.6 Å². The average Bonchev–Trinajstić information content (AvgIpc) is 2.45. The molecule has 1 rings (SSSR count). The lowest BCUT2D eigenvalue weighted by molar-refractivity contribution is -0.128. The fourth-order valence-electron chi connectivity index (χ4n) is 1.66. The Kier molecular flexibility index (Phi) is 6.52. The van der Waals surface area contributed by atoms with Crippen molar-refractivity contribution in [2.24, 2.45) is 0 Å². The molecule has 6 heteroatoms. The van der Waals surface area contributed by atoms with E-state index in [2.05, 4.69) is 0 Å². The molecule has 0 aliphatic rings. The molecule has 0 spiro atoms. The van der Waals surface area contributed by atoms with Gasteiger partial charge >= 0.3 is 5.97 Å². The number of nitrogens with zero attached hydrogens (tertiary/aromatic N) is 1. The Morgan fingerprint density at radius 3 is 2.57 bits per heavy atom. The fourth-order valence-corrected chi connectivity index (χ4v) is 1.66. The Balaban J connectivity index is 2.45. The molecule has 0 aliphatic carbocycles. The van der Waals surface area contributed by atoms with Gasteiger partial charge in [0.1, 0.15) is 5.75 Å². The zero-order chi connectivity index (χ0) is 15.8. The molecule has 0 aliphatic heterocycles. The molecule has 6 nitrogen and oxygen atoms in total. The Bertz CT molecular complexity index is 500. The van der Waals surface area contributed by atoms with E-state index in [1.807, 2.05) is 6.92 Å². The average molecular weight is 294 g/mol. The minimum absolute atomic E-state index is 0.0105. The van der Waals surface area contributed by atoms with Crippen molar-refractivity contribution in [3.63, 3.8) is 0 Å². The highest BCUT2D eigenvalue weighted by atomic mass is 16.5. The molecule has 0 saturated carbocycles. The third-order valence-electron chi connectivity index (χ3n) is 2.81. The van der Waals surface area contributed by atoms with Gasteiger partial charge in [-0.15, -0.1) is 0 Å². The van der Waals surface area contributed by atoms with Crippen molar-refractivity contribution in [1.29, 1.82) is 0 Å². The van der Waals surface area contributed by atoms with Gasteiger partial charge in [0.15, 0.2) is 0 Å². The number of hydrogen-bond donors (Lipinski definition) is 1. The summed E-state index contributed by atoms with van der Waals surface area (Å²) < 4.78 is 10.4. The Labute approximate surface area is 124 Å². The van der Waals surface area contributed by atoms with Crippen LogP contribution in [0.1, 0.15) is 30.1 Å². The van der Waals surface area contributed by atoms with Crippen LogP contribution in [0, 0.1) is 0 Å². The van der Waals surface area contributed by atoms with Gasteiger partial charge in [-0.05, 0) is 31.5 Å². The predicted octanol–water partition coefficient (Wildman–Crippen LogP) is 1.69. The van der Waals surface area contributed by atoms with Gasteiger partial charge in [-0.2, -0.15) is 0 Å². The Morgan fingerprint density at radius 2 is 2.00 bits per heavy atom. The first-order valence-corrected chi connectivity index (χ1v) is 6.85. The quantitative estimate of drug-likeness (QED) is 0.470. The number of amides is 1. The third-order valence-corrected chi connectivity index (χ3v) is 2.81. The molecule has 0 unspecified atom stereocenters. The van der Waals surface area contributed by atoms with Gasteiger partial charge in [-0.25, -0.2) is 4.79 Å². The van der Waals surface area contributed by atoms with E-state index < -0.39 is 5.97 Å². The Hall–Kier alpha value is -2.24. The zero-order valence-electron chi connectivity index (χ0n) is 12.7. The van der Waals surface area contributed by atoms with Crippen LogP contribution in [0.15, 0.2) is 18.2 Å². The van der Waals surface area contributed by atoms with Gasteiger partial charge in [0.25, 0.3) is 0 Å². The number of carbonyl (C=O) groups excluding carboxylic acids is 2. The topological polar surface area (TPSA) is 81.9 Å². The number of anilines is 1. The molecule has 0 atom stereocenters. The molecule has 0 heterocycles. The minimum Gasteiger partial charge on any atom is -0.492 e. The molecule has 0 fully saturated rings. The molecule has 0 radical (unpaired) electrons. The van der Waals surface area contributed by atoms with Crippen LogP contribution in [0.25, 0.3) is 0 Å². The minimum atomic E-state index is -0.456. The summed E-state index contributed by atoms with van der Waals surface area (Å²) in [4.78, 5) is 24.7. The second kappa shape index (κ2) is 8.14. The maximum absolute atomic E-state index is 11.8. The van der Waals surface area contributed by atoms with E-state index in [0.717, 1.165) is 0 Å². The van der Waals surface area contributed by atoms with Crippen molar-refractivity contribution in [2.75, 3.05) is 33.0 Å². The molecule has 2 N–H and O–H groups in total. The normalized spacial score (nSPS) is 10.0. The molecule has 0 bridgehead atoms. The molecule has 1 amide bonds. The van der Waals surface area contributed by atoms with Crippen LogP contribution >= 0.6 is 0 Å². The summed E-state index contributed by atoms with van der Waals surface area (Å²) in [5.41, 5.74) is 6.56. The van der Waals surface area contributed by atoms with Gasteiger partial charge in [-0.1, -0.05) is 0 Å². The molecule has 1 aromatic carbocycles. The summed E-state index contributed by atoms with van der Waals surface area (Å²) in [5, 5.41) is 0. The van der Waals surface area contributed by atoms with Gasteiger partial charge < -0.3 is 20.1 Å². The summed E-state index contributed by atoms with van der Waals surface area (Å²) in [7, 11) is 3.38. The van der Waals surface area contributed by atoms with E-state index in [4.69, 9.17) is 15.2 Å². The second-order valence-electron chi connectivity index (χ2n) is 4.71. The van der Waals surface area contributed by atoms with Crippen LogP contribution in [-0.2, 0) is 9.53 Å². The van der Waals surface area contributed by atoms with Crippen LogP contribution in [0.4, 0.5) is 5.69 Å². The lowest BCUT2D eigenvalue weighted by Gasteiger charge is -2.10. The van der Waals surface area contributed by atoms with Gasteiger partial charge in [0.2, 0.25) is 5.91 Å². The van der Waals surface area contributed by atoms with Crippen LogP contribution < -0.4 is 10.5 Å². The van der Waals surface area contributed by atoms with Crippen LogP contribution in [0.3, 0.4) is 0 Å². The number of benzene rings is 1. The van der Waals surface area contributed by atoms with Gasteiger partial charge in [0, 0.05) is 20.5 Å². The molecule has 0 aromatic heterocycles. The SMILES string of the molecule is CCOc1ccc(C(=O)OCCCC(=O)N(C)C)cc1N. The highest BCUT2D eigenvalue weighted by molar-refractivity contribution is 5.91. The van der Waals surface area contributed by atoms with Crippen molar-refractivity contribution in [3.8, 4) is 5.75 Å². The van der Waals surface area contributed by atoms with Crippen molar-refractivity contribution in [2.45, 2.75) is 19.8 Å². The number of rotatable bonds is 7. The first-order chi connectivity index (χ1) is 9.95. The largest absolute Gasteiger partial charge is 0.492 e. The smallest absolute Gasteiger partial charge is 0.338 e. The predicted molar refractivity (Wildman–Crippen MR) is 80.2 cm³/mol. The molecular weight excluding hydrogens is 272 g/mol. The maximum atomic E-state index is 11.8. The fraction of sp³-hybridized carbons (Fsp3) is 0.467. The molecule has 21 heavy (non-hydrogen) atoms. The molecular formula is C15H22N2O4. The second-order valence-corrected chi connectivity index (χ2v) is 4.71. The first kappa shape index (κ1) is 16.8. The maximum Gasteiger partial charge on any atom is 0.338 e. The van der Waals surface area contributed by atoms with Crippen molar-refractivity contribution in [3.05, 3.63) is 23.8 Å².